The van der Waals surface area contributed by atoms with Gasteiger partial charge in [-0.25, -0.2) is 0 Å². The molecule has 6 nitrogen and oxygen atoms in total. The molecule has 1 aromatic rings. The van der Waals surface area contributed by atoms with Crippen molar-refractivity contribution in [3.8, 4) is 11.5 Å². The number of phenolic OH excluding ortho intramolecular Hbond substituents is 2. The van der Waals surface area contributed by atoms with Gasteiger partial charge in [-0.05, 0) is 92.3 Å². The van der Waals surface area contributed by atoms with Crippen molar-refractivity contribution >= 4 is 46.2 Å². The van der Waals surface area contributed by atoms with E-state index in [2.05, 4.69) is 5.43 Å². The third-order valence-electron chi connectivity index (χ3n) is 6.82. The van der Waals surface area contributed by atoms with Crippen LogP contribution in [0.15, 0.2) is 23.1 Å². The molecule has 152 valence electrons. The van der Waals surface area contributed by atoms with E-state index in [4.69, 9.17) is 12.2 Å². The Morgan fingerprint density at radius 3 is 2.34 bits per heavy atom. The van der Waals surface area contributed by atoms with Crippen LogP contribution < -0.4 is 5.43 Å². The lowest BCUT2D eigenvalue weighted by Crippen LogP contribution is -2.57. The molecule has 1 saturated heterocycles. The van der Waals surface area contributed by atoms with Crippen LogP contribution in [-0.2, 0) is 9.59 Å². The summed E-state index contributed by atoms with van der Waals surface area (Å²) in [5.41, 5.74) is 3.03. The molecule has 5 aliphatic rings. The molecule has 0 radical (unpaired) electrons. The maximum atomic E-state index is 13.2. The van der Waals surface area contributed by atoms with Gasteiger partial charge in [0.25, 0.3) is 5.91 Å². The summed E-state index contributed by atoms with van der Waals surface area (Å²) in [7, 11) is 0. The lowest BCUT2D eigenvalue weighted by molar-refractivity contribution is -0.152. The molecular formula is C21H22N2O4S2. The van der Waals surface area contributed by atoms with E-state index in [9.17, 15) is 19.8 Å². The number of benzene rings is 1. The summed E-state index contributed by atoms with van der Waals surface area (Å²) in [6.45, 7) is 0. The zero-order valence-electron chi connectivity index (χ0n) is 15.8. The second kappa shape index (κ2) is 6.74. The summed E-state index contributed by atoms with van der Waals surface area (Å²) < 4.78 is 0.294. The minimum absolute atomic E-state index is 0.0728. The highest BCUT2D eigenvalue weighted by atomic mass is 32.2. The minimum Gasteiger partial charge on any atom is -0.504 e. The van der Waals surface area contributed by atoms with Crippen LogP contribution in [0, 0.1) is 23.2 Å². The molecule has 0 spiro atoms. The molecule has 1 aromatic carbocycles. The quantitative estimate of drug-likeness (QED) is 0.386. The first kappa shape index (κ1) is 18.9. The molecule has 0 atom stereocenters. The van der Waals surface area contributed by atoms with Crippen LogP contribution in [0.5, 0.6) is 11.5 Å². The molecule has 3 N–H and O–H groups in total. The first-order valence-electron chi connectivity index (χ1n) is 9.94. The van der Waals surface area contributed by atoms with Gasteiger partial charge in [0, 0.05) is 0 Å². The molecule has 2 amide bonds. The number of thiocarbonyl (C=S) groups is 1. The average Bonchev–Trinajstić information content (AvgIpc) is 2.91. The fourth-order valence-corrected chi connectivity index (χ4v) is 7.13. The molecule has 6 rings (SSSR count). The molecular weight excluding hydrogens is 408 g/mol. The number of nitrogens with one attached hydrogen (secondary N) is 1. The predicted molar refractivity (Wildman–Crippen MR) is 114 cm³/mol. The van der Waals surface area contributed by atoms with Gasteiger partial charge < -0.3 is 10.2 Å². The van der Waals surface area contributed by atoms with E-state index in [0.29, 0.717) is 32.5 Å². The highest BCUT2D eigenvalue weighted by Crippen LogP contribution is 2.60. The maximum Gasteiger partial charge on any atom is 0.285 e. The molecule has 0 unspecified atom stereocenters. The van der Waals surface area contributed by atoms with E-state index in [-0.39, 0.29) is 28.7 Å². The molecule has 5 fully saturated rings. The van der Waals surface area contributed by atoms with Crippen molar-refractivity contribution in [2.24, 2.45) is 23.2 Å². The van der Waals surface area contributed by atoms with E-state index in [1.54, 1.807) is 12.1 Å². The van der Waals surface area contributed by atoms with Crippen LogP contribution in [-0.4, -0.2) is 31.4 Å². The van der Waals surface area contributed by atoms with Crippen LogP contribution in [0.1, 0.15) is 44.1 Å². The maximum absolute atomic E-state index is 13.2. The smallest absolute Gasteiger partial charge is 0.285 e. The summed E-state index contributed by atoms with van der Waals surface area (Å²) in [5.74, 6) is 0.990. The number of hydrogen-bond acceptors (Lipinski definition) is 6. The largest absolute Gasteiger partial charge is 0.504 e. The molecule has 8 heteroatoms. The summed E-state index contributed by atoms with van der Waals surface area (Å²) in [5, 5.41) is 20.3. The topological polar surface area (TPSA) is 89.9 Å². The van der Waals surface area contributed by atoms with Gasteiger partial charge in [-0.3, -0.25) is 15.0 Å². The third-order valence-corrected chi connectivity index (χ3v) is 8.13. The van der Waals surface area contributed by atoms with Gasteiger partial charge in [-0.1, -0.05) is 17.8 Å². The van der Waals surface area contributed by atoms with Crippen molar-refractivity contribution in [1.29, 1.82) is 0 Å². The highest BCUT2D eigenvalue weighted by molar-refractivity contribution is 8.26. The van der Waals surface area contributed by atoms with Crippen LogP contribution in [0.4, 0.5) is 0 Å². The van der Waals surface area contributed by atoms with E-state index in [1.807, 2.05) is 0 Å². The standard InChI is InChI=1S/C21H22N2O4S2/c24-15-2-1-11(6-16(15)25)7-17-18(26)23(20(28)29-17)22-19(27)21-8-12-3-13(9-21)5-14(4-12)10-21/h1-2,6-7,12-14,24-25H,3-5,8-10H2,(H,22,27)/b17-7+. The Hall–Kier alpha value is -2.06. The number of rotatable bonds is 3. The summed E-state index contributed by atoms with van der Waals surface area (Å²) in [4.78, 5) is 26.5. The van der Waals surface area contributed by atoms with E-state index < -0.39 is 0 Å². The Morgan fingerprint density at radius 2 is 1.76 bits per heavy atom. The lowest BCUT2D eigenvalue weighted by Gasteiger charge is -2.55. The zero-order chi connectivity index (χ0) is 20.3. The molecule has 1 aliphatic heterocycles. The van der Waals surface area contributed by atoms with Crippen molar-refractivity contribution in [2.45, 2.75) is 38.5 Å². The van der Waals surface area contributed by atoms with Crippen LogP contribution >= 0.6 is 24.0 Å². The Labute approximate surface area is 178 Å². The number of amides is 2. The molecule has 29 heavy (non-hydrogen) atoms. The monoisotopic (exact) mass is 430 g/mol. The van der Waals surface area contributed by atoms with Gasteiger partial charge in [-0.2, -0.15) is 5.01 Å². The van der Waals surface area contributed by atoms with E-state index >= 15 is 0 Å². The summed E-state index contributed by atoms with van der Waals surface area (Å²) in [6.07, 6.45) is 8.09. The van der Waals surface area contributed by atoms with Crippen molar-refractivity contribution in [3.05, 3.63) is 28.7 Å². The molecule has 1 heterocycles. The van der Waals surface area contributed by atoms with Gasteiger partial charge in [0.05, 0.1) is 10.3 Å². The number of aromatic hydroxyl groups is 2. The SMILES string of the molecule is O=C1/C(=C\c2ccc(O)c(O)c2)SC(=S)N1NC(=O)C12CC3CC(CC(C3)C1)C2. The fourth-order valence-electron chi connectivity index (χ4n) is 5.95. The average molecular weight is 431 g/mol. The van der Waals surface area contributed by atoms with Crippen molar-refractivity contribution < 1.29 is 19.8 Å². The van der Waals surface area contributed by atoms with E-state index in [0.717, 1.165) is 31.0 Å². The van der Waals surface area contributed by atoms with Crippen LogP contribution in [0.25, 0.3) is 6.08 Å². The van der Waals surface area contributed by atoms with Gasteiger partial charge in [-0.15, -0.1) is 0 Å². The lowest BCUT2D eigenvalue weighted by atomic mass is 9.49. The Balaban J connectivity index is 1.33. The first-order valence-corrected chi connectivity index (χ1v) is 11.2. The fraction of sp³-hybridized carbons (Fsp3) is 0.476. The number of carbonyl (C=O) groups excluding carboxylic acids is 2. The Bertz CT molecular complexity index is 923. The normalized spacial score (nSPS) is 34.3. The molecule has 0 aromatic heterocycles. The van der Waals surface area contributed by atoms with Gasteiger partial charge in [0.2, 0.25) is 5.91 Å². The summed E-state index contributed by atoms with van der Waals surface area (Å²) >= 11 is 6.46. The Kier molecular flexibility index (Phi) is 4.40. The van der Waals surface area contributed by atoms with Crippen LogP contribution in [0.3, 0.4) is 0 Å². The number of hydrazine groups is 1. The highest BCUT2D eigenvalue weighted by Gasteiger charge is 2.55. The molecule has 4 aliphatic carbocycles. The van der Waals surface area contributed by atoms with E-state index in [1.165, 1.54) is 36.4 Å². The van der Waals surface area contributed by atoms with Crippen molar-refractivity contribution in [1.82, 2.24) is 10.4 Å². The first-order chi connectivity index (χ1) is 13.8. The predicted octanol–water partition coefficient (Wildman–Crippen LogP) is 3.55. The number of carbonyl (C=O) groups is 2. The van der Waals surface area contributed by atoms with Gasteiger partial charge >= 0.3 is 0 Å². The number of thioether (sulfide) groups is 1. The van der Waals surface area contributed by atoms with Gasteiger partial charge in [0.15, 0.2) is 15.8 Å². The van der Waals surface area contributed by atoms with Gasteiger partial charge in [0.1, 0.15) is 0 Å². The van der Waals surface area contributed by atoms with Crippen LogP contribution in [0.2, 0.25) is 0 Å². The molecule has 4 saturated carbocycles. The second-order valence-electron chi connectivity index (χ2n) is 8.90. The zero-order valence-corrected chi connectivity index (χ0v) is 17.4. The van der Waals surface area contributed by atoms with Crippen molar-refractivity contribution in [3.63, 3.8) is 0 Å². The third kappa shape index (κ3) is 3.22. The Morgan fingerprint density at radius 1 is 1.14 bits per heavy atom. The minimum atomic E-state index is -0.370. The molecule has 4 bridgehead atoms. The van der Waals surface area contributed by atoms with Crippen molar-refractivity contribution in [2.75, 3.05) is 0 Å². The second-order valence-corrected chi connectivity index (χ2v) is 10.6. The number of hydrogen-bond donors (Lipinski definition) is 3. The number of phenols is 2. The summed E-state index contributed by atoms with van der Waals surface area (Å²) in [6, 6.07) is 4.32. The number of nitrogens with zero attached hydrogens (tertiary/aromatic N) is 1.